The van der Waals surface area contributed by atoms with Gasteiger partial charge in [-0.15, -0.1) is 0 Å². The van der Waals surface area contributed by atoms with E-state index in [9.17, 15) is 9.18 Å². The SMILES string of the molecule is CN(C)c1ccc2c(Oc3ccc(NC(=O)Nc4ccc(F)cc4)cc3)ncnc2c1. The Labute approximate surface area is 178 Å². The van der Waals surface area contributed by atoms with Gasteiger partial charge in [0.1, 0.15) is 17.9 Å². The van der Waals surface area contributed by atoms with E-state index in [1.54, 1.807) is 24.3 Å². The first-order valence-corrected chi connectivity index (χ1v) is 9.51. The van der Waals surface area contributed by atoms with Crippen molar-refractivity contribution in [1.82, 2.24) is 9.97 Å². The molecule has 31 heavy (non-hydrogen) atoms. The van der Waals surface area contributed by atoms with Gasteiger partial charge in [-0.2, -0.15) is 0 Å². The highest BCUT2D eigenvalue weighted by Crippen LogP contribution is 2.29. The molecule has 156 valence electrons. The third-order valence-electron chi connectivity index (χ3n) is 4.53. The molecular weight excluding hydrogens is 397 g/mol. The molecule has 0 atom stereocenters. The first-order valence-electron chi connectivity index (χ1n) is 9.51. The summed E-state index contributed by atoms with van der Waals surface area (Å²) in [7, 11) is 3.94. The lowest BCUT2D eigenvalue weighted by molar-refractivity contribution is 0.262. The predicted molar refractivity (Wildman–Crippen MR) is 119 cm³/mol. The number of carbonyl (C=O) groups is 1. The van der Waals surface area contributed by atoms with E-state index in [4.69, 9.17) is 4.74 Å². The molecule has 0 fully saturated rings. The number of urea groups is 1. The second kappa shape index (κ2) is 8.66. The Balaban J connectivity index is 1.44. The number of fused-ring (bicyclic) bond motifs is 1. The average molecular weight is 417 g/mol. The van der Waals surface area contributed by atoms with Crippen LogP contribution in [-0.2, 0) is 0 Å². The Morgan fingerprint density at radius 1 is 0.903 bits per heavy atom. The van der Waals surface area contributed by atoms with E-state index in [1.807, 2.05) is 37.2 Å². The van der Waals surface area contributed by atoms with Gasteiger partial charge in [-0.3, -0.25) is 0 Å². The minimum Gasteiger partial charge on any atom is -0.438 e. The zero-order chi connectivity index (χ0) is 21.8. The lowest BCUT2D eigenvalue weighted by Crippen LogP contribution is -2.19. The Morgan fingerprint density at radius 3 is 2.19 bits per heavy atom. The number of halogens is 1. The van der Waals surface area contributed by atoms with Gasteiger partial charge in [-0.25, -0.2) is 19.2 Å². The van der Waals surface area contributed by atoms with E-state index in [-0.39, 0.29) is 5.82 Å². The van der Waals surface area contributed by atoms with E-state index in [0.717, 1.165) is 16.6 Å². The summed E-state index contributed by atoms with van der Waals surface area (Å²) in [5.74, 6) is 0.655. The molecule has 0 radical (unpaired) electrons. The Bertz CT molecular complexity index is 1210. The van der Waals surface area contributed by atoms with Crippen molar-refractivity contribution in [3.63, 3.8) is 0 Å². The van der Waals surface area contributed by atoms with Crippen molar-refractivity contribution in [2.24, 2.45) is 0 Å². The fraction of sp³-hybridized carbons (Fsp3) is 0.0870. The molecule has 0 aliphatic heterocycles. The molecule has 0 aliphatic rings. The molecule has 1 heterocycles. The van der Waals surface area contributed by atoms with Crippen molar-refractivity contribution in [1.29, 1.82) is 0 Å². The number of hydrogen-bond acceptors (Lipinski definition) is 5. The van der Waals surface area contributed by atoms with Crippen LogP contribution in [0, 0.1) is 5.82 Å². The predicted octanol–water partition coefficient (Wildman–Crippen LogP) is 5.27. The van der Waals surface area contributed by atoms with Gasteiger partial charge in [0.2, 0.25) is 5.88 Å². The summed E-state index contributed by atoms with van der Waals surface area (Å²) in [5.41, 5.74) is 2.89. The van der Waals surface area contributed by atoms with Crippen LogP contribution in [0.2, 0.25) is 0 Å². The quantitative estimate of drug-likeness (QED) is 0.462. The standard InChI is InChI=1S/C23H20FN5O2/c1-29(2)18-9-12-20-21(13-18)25-14-26-22(20)31-19-10-7-17(8-11-19)28-23(30)27-16-5-3-15(24)4-6-16/h3-14H,1-2H3,(H2,27,28,30). The molecule has 4 rings (SSSR count). The summed E-state index contributed by atoms with van der Waals surface area (Å²) in [5, 5.41) is 6.15. The second-order valence-electron chi connectivity index (χ2n) is 6.99. The number of nitrogens with one attached hydrogen (secondary N) is 2. The number of amides is 2. The largest absolute Gasteiger partial charge is 0.438 e. The first-order chi connectivity index (χ1) is 15.0. The topological polar surface area (TPSA) is 79.4 Å². The molecule has 7 nitrogen and oxygen atoms in total. The molecule has 8 heteroatoms. The summed E-state index contributed by atoms with van der Waals surface area (Å²) in [6.07, 6.45) is 1.47. The fourth-order valence-electron chi connectivity index (χ4n) is 2.92. The molecule has 0 saturated heterocycles. The number of carbonyl (C=O) groups excluding carboxylic acids is 1. The maximum Gasteiger partial charge on any atom is 0.323 e. The normalized spacial score (nSPS) is 10.5. The fourth-order valence-corrected chi connectivity index (χ4v) is 2.92. The molecule has 0 saturated carbocycles. The Kier molecular flexibility index (Phi) is 5.61. The summed E-state index contributed by atoms with van der Waals surface area (Å²) in [4.78, 5) is 22.7. The molecule has 2 amide bonds. The smallest absolute Gasteiger partial charge is 0.323 e. The number of benzene rings is 3. The van der Waals surface area contributed by atoms with Gasteiger partial charge in [0, 0.05) is 31.2 Å². The van der Waals surface area contributed by atoms with Crippen LogP contribution in [0.3, 0.4) is 0 Å². The number of ether oxygens (including phenoxy) is 1. The molecular formula is C23H20FN5O2. The molecule has 3 aromatic carbocycles. The lowest BCUT2D eigenvalue weighted by Gasteiger charge is -2.13. The number of anilines is 3. The second-order valence-corrected chi connectivity index (χ2v) is 6.99. The summed E-state index contributed by atoms with van der Waals surface area (Å²) in [6, 6.07) is 17.9. The average Bonchev–Trinajstić information content (AvgIpc) is 2.76. The van der Waals surface area contributed by atoms with Crippen molar-refractivity contribution in [2.45, 2.75) is 0 Å². The highest BCUT2D eigenvalue weighted by Gasteiger charge is 2.09. The third-order valence-corrected chi connectivity index (χ3v) is 4.53. The Hall–Kier alpha value is -4.20. The molecule has 4 aromatic rings. The highest BCUT2D eigenvalue weighted by molar-refractivity contribution is 5.99. The number of nitrogens with zero attached hydrogens (tertiary/aromatic N) is 3. The van der Waals surface area contributed by atoms with E-state index >= 15 is 0 Å². The van der Waals surface area contributed by atoms with Gasteiger partial charge in [0.05, 0.1) is 10.9 Å². The highest BCUT2D eigenvalue weighted by atomic mass is 19.1. The van der Waals surface area contributed by atoms with Crippen molar-refractivity contribution in [2.75, 3.05) is 29.6 Å². The van der Waals surface area contributed by atoms with E-state index in [0.29, 0.717) is 23.0 Å². The first kappa shape index (κ1) is 20.1. The third kappa shape index (κ3) is 4.87. The van der Waals surface area contributed by atoms with Gasteiger partial charge < -0.3 is 20.3 Å². The van der Waals surface area contributed by atoms with Crippen LogP contribution in [0.4, 0.5) is 26.2 Å². The van der Waals surface area contributed by atoms with Crippen LogP contribution in [0.25, 0.3) is 10.9 Å². The Morgan fingerprint density at radius 2 is 1.55 bits per heavy atom. The summed E-state index contributed by atoms with van der Waals surface area (Å²) in [6.45, 7) is 0. The minimum absolute atomic E-state index is 0.365. The van der Waals surface area contributed by atoms with Crippen LogP contribution in [-0.4, -0.2) is 30.1 Å². The summed E-state index contributed by atoms with van der Waals surface area (Å²) < 4.78 is 18.9. The van der Waals surface area contributed by atoms with Gasteiger partial charge >= 0.3 is 6.03 Å². The van der Waals surface area contributed by atoms with Gasteiger partial charge in [-0.1, -0.05) is 0 Å². The molecule has 0 spiro atoms. The molecule has 2 N–H and O–H groups in total. The monoisotopic (exact) mass is 417 g/mol. The van der Waals surface area contributed by atoms with Crippen LogP contribution in [0.5, 0.6) is 11.6 Å². The number of aromatic nitrogens is 2. The minimum atomic E-state index is -0.432. The van der Waals surface area contributed by atoms with Crippen LogP contribution in [0.15, 0.2) is 73.1 Å². The van der Waals surface area contributed by atoms with Crippen molar-refractivity contribution >= 4 is 34.0 Å². The van der Waals surface area contributed by atoms with Crippen molar-refractivity contribution in [3.05, 3.63) is 78.9 Å². The molecule has 0 bridgehead atoms. The van der Waals surface area contributed by atoms with Gasteiger partial charge in [0.25, 0.3) is 0 Å². The van der Waals surface area contributed by atoms with Crippen molar-refractivity contribution < 1.29 is 13.9 Å². The molecule has 0 unspecified atom stereocenters. The summed E-state index contributed by atoms with van der Waals surface area (Å²) >= 11 is 0. The number of hydrogen-bond donors (Lipinski definition) is 2. The lowest BCUT2D eigenvalue weighted by atomic mass is 10.2. The molecule has 0 aliphatic carbocycles. The maximum absolute atomic E-state index is 13.0. The van der Waals surface area contributed by atoms with Crippen LogP contribution >= 0.6 is 0 Å². The number of rotatable bonds is 5. The van der Waals surface area contributed by atoms with E-state index in [1.165, 1.54) is 30.6 Å². The van der Waals surface area contributed by atoms with E-state index < -0.39 is 6.03 Å². The van der Waals surface area contributed by atoms with Gasteiger partial charge in [0.15, 0.2) is 0 Å². The van der Waals surface area contributed by atoms with Gasteiger partial charge in [-0.05, 0) is 66.7 Å². The van der Waals surface area contributed by atoms with Crippen LogP contribution < -0.4 is 20.3 Å². The van der Waals surface area contributed by atoms with Crippen molar-refractivity contribution in [3.8, 4) is 11.6 Å². The van der Waals surface area contributed by atoms with Crippen LogP contribution in [0.1, 0.15) is 0 Å². The molecule has 1 aromatic heterocycles. The zero-order valence-corrected chi connectivity index (χ0v) is 17.0. The van der Waals surface area contributed by atoms with E-state index in [2.05, 4.69) is 20.6 Å². The maximum atomic E-state index is 13.0. The zero-order valence-electron chi connectivity index (χ0n) is 17.0.